The molecule has 1 unspecified atom stereocenters. The van der Waals surface area contributed by atoms with Crippen LogP contribution >= 0.6 is 11.3 Å². The Morgan fingerprint density at radius 3 is 3.05 bits per heavy atom. The van der Waals surface area contributed by atoms with Gasteiger partial charge in [-0.2, -0.15) is 0 Å². The molecule has 0 radical (unpaired) electrons. The van der Waals surface area contributed by atoms with Crippen LogP contribution in [-0.4, -0.2) is 30.4 Å². The fourth-order valence-corrected chi connectivity index (χ4v) is 3.42. The number of nitrogens with zero attached hydrogens (tertiary/aromatic N) is 1. The summed E-state index contributed by atoms with van der Waals surface area (Å²) in [6, 6.07) is 8.02. The highest BCUT2D eigenvalue weighted by atomic mass is 32.1. The number of fused-ring (bicyclic) bond motifs is 1. The largest absolute Gasteiger partial charge is 0.338 e. The van der Waals surface area contributed by atoms with Crippen molar-refractivity contribution < 1.29 is 4.79 Å². The third-order valence-corrected chi connectivity index (χ3v) is 4.94. The van der Waals surface area contributed by atoms with Gasteiger partial charge in [0.1, 0.15) is 0 Å². The Morgan fingerprint density at radius 2 is 2.32 bits per heavy atom. The predicted octanol–water partition coefficient (Wildman–Crippen LogP) is 2.71. The molecule has 3 nitrogen and oxygen atoms in total. The zero-order valence-electron chi connectivity index (χ0n) is 11.1. The third kappa shape index (κ3) is 2.26. The molecule has 0 spiro atoms. The van der Waals surface area contributed by atoms with Gasteiger partial charge in [0.15, 0.2) is 0 Å². The number of nitrogens with two attached hydrogens (primary N) is 1. The second-order valence-electron chi connectivity index (χ2n) is 5.66. The summed E-state index contributed by atoms with van der Waals surface area (Å²) in [5, 5.41) is 3.21. The van der Waals surface area contributed by atoms with Gasteiger partial charge >= 0.3 is 0 Å². The van der Waals surface area contributed by atoms with Crippen molar-refractivity contribution in [2.75, 3.05) is 19.6 Å². The summed E-state index contributed by atoms with van der Waals surface area (Å²) in [5.41, 5.74) is 6.66. The maximum atomic E-state index is 12.5. The molecule has 1 fully saturated rings. The molecular formula is C15H18N2OS. The summed E-state index contributed by atoms with van der Waals surface area (Å²) in [5.74, 6) is 0.130. The number of benzene rings is 1. The fraction of sp³-hybridized carbons (Fsp3) is 0.400. The van der Waals surface area contributed by atoms with Crippen molar-refractivity contribution in [3.05, 3.63) is 35.2 Å². The number of likely N-dealkylation sites (tertiary alicyclic amines) is 1. The number of carbonyl (C=O) groups is 1. The van der Waals surface area contributed by atoms with Gasteiger partial charge in [0.2, 0.25) is 0 Å². The summed E-state index contributed by atoms with van der Waals surface area (Å²) in [4.78, 5) is 14.4. The van der Waals surface area contributed by atoms with E-state index in [1.54, 1.807) is 11.3 Å². The Morgan fingerprint density at radius 1 is 1.47 bits per heavy atom. The lowest BCUT2D eigenvalue weighted by atomic mass is 9.90. The maximum absolute atomic E-state index is 12.5. The van der Waals surface area contributed by atoms with Gasteiger partial charge in [0.05, 0.1) is 0 Å². The van der Waals surface area contributed by atoms with Crippen LogP contribution in [-0.2, 0) is 0 Å². The minimum Gasteiger partial charge on any atom is -0.338 e. The molecule has 3 rings (SSSR count). The topological polar surface area (TPSA) is 46.3 Å². The average molecular weight is 274 g/mol. The number of carbonyl (C=O) groups excluding carboxylic acids is 1. The number of hydrogen-bond acceptors (Lipinski definition) is 3. The number of thiophene rings is 1. The van der Waals surface area contributed by atoms with Crippen LogP contribution in [0, 0.1) is 5.41 Å². The van der Waals surface area contributed by atoms with Crippen molar-refractivity contribution in [1.82, 2.24) is 4.90 Å². The average Bonchev–Trinajstić information content (AvgIpc) is 3.04. The standard InChI is InChI=1S/C15H18N2OS/c1-15(9-16)5-6-17(10-15)14(18)12-2-3-13-11(8-12)4-7-19-13/h2-4,7-8H,5-6,9-10,16H2,1H3. The van der Waals surface area contributed by atoms with Gasteiger partial charge in [0.25, 0.3) is 5.91 Å². The molecule has 2 aromatic rings. The molecule has 0 bridgehead atoms. The Balaban J connectivity index is 1.84. The summed E-state index contributed by atoms with van der Waals surface area (Å²) >= 11 is 1.70. The van der Waals surface area contributed by atoms with Gasteiger partial charge < -0.3 is 10.6 Å². The number of amides is 1. The van der Waals surface area contributed by atoms with E-state index in [1.807, 2.05) is 23.1 Å². The molecule has 1 aromatic heterocycles. The summed E-state index contributed by atoms with van der Waals surface area (Å²) < 4.78 is 1.23. The summed E-state index contributed by atoms with van der Waals surface area (Å²) in [6.07, 6.45) is 0.996. The molecular weight excluding hydrogens is 256 g/mol. The van der Waals surface area contributed by atoms with E-state index in [9.17, 15) is 4.79 Å². The van der Waals surface area contributed by atoms with Crippen molar-refractivity contribution in [2.45, 2.75) is 13.3 Å². The first kappa shape index (κ1) is 12.6. The van der Waals surface area contributed by atoms with E-state index in [4.69, 9.17) is 5.73 Å². The van der Waals surface area contributed by atoms with E-state index in [-0.39, 0.29) is 11.3 Å². The van der Waals surface area contributed by atoms with Crippen molar-refractivity contribution in [3.8, 4) is 0 Å². The maximum Gasteiger partial charge on any atom is 0.253 e. The zero-order valence-corrected chi connectivity index (χ0v) is 11.9. The van der Waals surface area contributed by atoms with Crippen LogP contribution < -0.4 is 5.73 Å². The van der Waals surface area contributed by atoms with Crippen LogP contribution in [0.3, 0.4) is 0 Å². The molecule has 0 aliphatic carbocycles. The van der Waals surface area contributed by atoms with Crippen molar-refractivity contribution in [2.24, 2.45) is 11.1 Å². The molecule has 2 N–H and O–H groups in total. The zero-order chi connectivity index (χ0) is 13.5. The van der Waals surface area contributed by atoms with E-state index in [0.29, 0.717) is 6.54 Å². The molecule has 1 amide bonds. The predicted molar refractivity (Wildman–Crippen MR) is 79.5 cm³/mol. The first-order valence-corrected chi connectivity index (χ1v) is 7.46. The van der Waals surface area contributed by atoms with Gasteiger partial charge in [-0.05, 0) is 53.4 Å². The Kier molecular flexibility index (Phi) is 3.07. The molecule has 0 saturated carbocycles. The molecule has 1 aliphatic heterocycles. The van der Waals surface area contributed by atoms with E-state index < -0.39 is 0 Å². The van der Waals surface area contributed by atoms with Gasteiger partial charge in [-0.3, -0.25) is 4.79 Å². The van der Waals surface area contributed by atoms with Gasteiger partial charge in [0, 0.05) is 23.4 Å². The Bertz CT molecular complexity index is 621. The SMILES string of the molecule is CC1(CN)CCN(C(=O)c2ccc3sccc3c2)C1. The lowest BCUT2D eigenvalue weighted by molar-refractivity contribution is 0.0777. The van der Waals surface area contributed by atoms with Crippen LogP contribution in [0.1, 0.15) is 23.7 Å². The minimum atomic E-state index is 0.0855. The highest BCUT2D eigenvalue weighted by Gasteiger charge is 2.35. The van der Waals surface area contributed by atoms with E-state index >= 15 is 0 Å². The van der Waals surface area contributed by atoms with E-state index in [1.165, 1.54) is 4.70 Å². The smallest absolute Gasteiger partial charge is 0.253 e. The van der Waals surface area contributed by atoms with Crippen molar-refractivity contribution in [3.63, 3.8) is 0 Å². The van der Waals surface area contributed by atoms with Crippen LogP contribution in [0.25, 0.3) is 10.1 Å². The van der Waals surface area contributed by atoms with Crippen LogP contribution in [0.15, 0.2) is 29.6 Å². The number of rotatable bonds is 2. The first-order valence-electron chi connectivity index (χ1n) is 6.58. The second-order valence-corrected chi connectivity index (χ2v) is 6.61. The van der Waals surface area contributed by atoms with Crippen LogP contribution in [0.2, 0.25) is 0 Å². The molecule has 2 heterocycles. The van der Waals surface area contributed by atoms with E-state index in [2.05, 4.69) is 18.4 Å². The summed E-state index contributed by atoms with van der Waals surface area (Å²) in [6.45, 7) is 4.38. The quantitative estimate of drug-likeness (QED) is 0.915. The minimum absolute atomic E-state index is 0.0855. The van der Waals surface area contributed by atoms with Gasteiger partial charge in [-0.15, -0.1) is 11.3 Å². The number of hydrogen-bond donors (Lipinski definition) is 1. The highest BCUT2D eigenvalue weighted by Crippen LogP contribution is 2.30. The second kappa shape index (κ2) is 4.62. The third-order valence-electron chi connectivity index (χ3n) is 4.04. The molecule has 1 saturated heterocycles. The Labute approximate surface area is 117 Å². The Hall–Kier alpha value is -1.39. The summed E-state index contributed by atoms with van der Waals surface area (Å²) in [7, 11) is 0. The lowest BCUT2D eigenvalue weighted by Crippen LogP contribution is -2.34. The van der Waals surface area contributed by atoms with Crippen LogP contribution in [0.4, 0.5) is 0 Å². The molecule has 19 heavy (non-hydrogen) atoms. The molecule has 4 heteroatoms. The van der Waals surface area contributed by atoms with Crippen molar-refractivity contribution in [1.29, 1.82) is 0 Å². The van der Waals surface area contributed by atoms with E-state index in [0.717, 1.165) is 30.5 Å². The normalized spacial score (nSPS) is 23.2. The van der Waals surface area contributed by atoms with Gasteiger partial charge in [-0.1, -0.05) is 6.92 Å². The van der Waals surface area contributed by atoms with Crippen molar-refractivity contribution >= 4 is 27.3 Å². The highest BCUT2D eigenvalue weighted by molar-refractivity contribution is 7.17. The molecule has 1 aromatic carbocycles. The van der Waals surface area contributed by atoms with Gasteiger partial charge in [-0.25, -0.2) is 0 Å². The molecule has 1 aliphatic rings. The first-order chi connectivity index (χ1) is 9.11. The monoisotopic (exact) mass is 274 g/mol. The molecule has 100 valence electrons. The fourth-order valence-electron chi connectivity index (χ4n) is 2.65. The van der Waals surface area contributed by atoms with Crippen LogP contribution in [0.5, 0.6) is 0 Å². The lowest BCUT2D eigenvalue weighted by Gasteiger charge is -2.22. The molecule has 1 atom stereocenters.